The Morgan fingerprint density at radius 1 is 1.50 bits per heavy atom. The molecule has 0 spiro atoms. The summed E-state index contributed by atoms with van der Waals surface area (Å²) in [6, 6.07) is 5.60. The van der Waals surface area contributed by atoms with Crippen molar-refractivity contribution >= 4 is 11.6 Å². The van der Waals surface area contributed by atoms with Crippen LogP contribution >= 0.6 is 0 Å². The fourth-order valence-corrected chi connectivity index (χ4v) is 1.60. The van der Waals surface area contributed by atoms with Gasteiger partial charge < -0.3 is 14.5 Å². The van der Waals surface area contributed by atoms with E-state index in [1.54, 1.807) is 7.11 Å². The molecule has 0 aliphatic rings. The molecule has 1 heterocycles. The third-order valence-electron chi connectivity index (χ3n) is 2.45. The van der Waals surface area contributed by atoms with Crippen LogP contribution < -0.4 is 10.1 Å². The minimum Gasteiger partial charge on any atom is -0.495 e. The molecule has 0 radical (unpaired) electrons. The molecule has 0 fully saturated rings. The number of methoxy groups -OCH3 is 1. The average molecular weight is 246 g/mol. The Balaban J connectivity index is 2.08. The number of nitrogens with one attached hydrogen (secondary N) is 1. The summed E-state index contributed by atoms with van der Waals surface area (Å²) in [6.07, 6.45) is 2.93. The lowest BCUT2D eigenvalue weighted by atomic mass is 10.2. The number of hydrogen-bond donors (Lipinski definition) is 1. The third kappa shape index (κ3) is 2.88. The van der Waals surface area contributed by atoms with Crippen LogP contribution in [0.2, 0.25) is 0 Å². The number of hydrogen-bond acceptors (Lipinski definition) is 4. The van der Waals surface area contributed by atoms with Crippen LogP contribution in [0.1, 0.15) is 11.3 Å². The van der Waals surface area contributed by atoms with Crippen LogP contribution in [0.4, 0.5) is 5.69 Å². The highest BCUT2D eigenvalue weighted by molar-refractivity contribution is 5.93. The van der Waals surface area contributed by atoms with E-state index < -0.39 is 0 Å². The smallest absolute Gasteiger partial charge is 0.230 e. The maximum atomic E-state index is 11.8. The lowest BCUT2D eigenvalue weighted by Gasteiger charge is -2.10. The minimum absolute atomic E-state index is 0.159. The number of carbonyl (C=O) groups excluding carboxylic acids is 1. The van der Waals surface area contributed by atoms with Crippen molar-refractivity contribution in [1.29, 1.82) is 0 Å². The summed E-state index contributed by atoms with van der Waals surface area (Å²) in [6.45, 7) is 1.95. The zero-order valence-corrected chi connectivity index (χ0v) is 10.3. The Labute approximate surface area is 105 Å². The van der Waals surface area contributed by atoms with Gasteiger partial charge in [0.15, 0.2) is 6.39 Å². The lowest BCUT2D eigenvalue weighted by molar-refractivity contribution is -0.115. The van der Waals surface area contributed by atoms with E-state index in [-0.39, 0.29) is 12.3 Å². The van der Waals surface area contributed by atoms with E-state index >= 15 is 0 Å². The van der Waals surface area contributed by atoms with E-state index in [0.717, 1.165) is 5.56 Å². The highest BCUT2D eigenvalue weighted by Gasteiger charge is 2.09. The van der Waals surface area contributed by atoms with Crippen molar-refractivity contribution in [2.24, 2.45) is 0 Å². The molecule has 5 nitrogen and oxygen atoms in total. The molecule has 1 N–H and O–H groups in total. The van der Waals surface area contributed by atoms with Gasteiger partial charge in [-0.1, -0.05) is 6.07 Å². The predicted octanol–water partition coefficient (Wildman–Crippen LogP) is 2.17. The van der Waals surface area contributed by atoms with Gasteiger partial charge in [-0.05, 0) is 24.6 Å². The second-order valence-corrected chi connectivity index (χ2v) is 3.91. The molecule has 0 aliphatic heterocycles. The fraction of sp³-hybridized carbons (Fsp3) is 0.231. The molecule has 0 atom stereocenters. The van der Waals surface area contributed by atoms with E-state index in [9.17, 15) is 4.79 Å². The minimum atomic E-state index is -0.159. The number of aryl methyl sites for hydroxylation is 1. The van der Waals surface area contributed by atoms with Gasteiger partial charge in [0.25, 0.3) is 0 Å². The zero-order valence-electron chi connectivity index (χ0n) is 10.3. The van der Waals surface area contributed by atoms with Crippen molar-refractivity contribution in [1.82, 2.24) is 4.98 Å². The van der Waals surface area contributed by atoms with Gasteiger partial charge in [0.1, 0.15) is 12.0 Å². The maximum Gasteiger partial charge on any atom is 0.230 e. The molecule has 0 saturated heterocycles. The van der Waals surface area contributed by atoms with Crippen LogP contribution in [-0.2, 0) is 11.2 Å². The number of carbonyl (C=O) groups is 1. The van der Waals surface area contributed by atoms with Crippen molar-refractivity contribution in [3.05, 3.63) is 42.1 Å². The third-order valence-corrected chi connectivity index (χ3v) is 2.45. The quantitative estimate of drug-likeness (QED) is 0.898. The van der Waals surface area contributed by atoms with Crippen molar-refractivity contribution in [2.45, 2.75) is 13.3 Å². The molecule has 2 aromatic rings. The molecule has 1 aromatic carbocycles. The zero-order chi connectivity index (χ0) is 13.0. The first-order chi connectivity index (χ1) is 8.69. The summed E-state index contributed by atoms with van der Waals surface area (Å²) in [5.41, 5.74) is 2.30. The van der Waals surface area contributed by atoms with Crippen LogP contribution in [0.3, 0.4) is 0 Å². The number of amides is 1. The predicted molar refractivity (Wildman–Crippen MR) is 66.6 cm³/mol. The molecule has 0 saturated carbocycles. The molecular weight excluding hydrogens is 232 g/mol. The Hall–Kier alpha value is -2.30. The number of rotatable bonds is 4. The largest absolute Gasteiger partial charge is 0.495 e. The number of aromatic nitrogens is 1. The summed E-state index contributed by atoms with van der Waals surface area (Å²) in [5, 5.41) is 2.79. The Kier molecular flexibility index (Phi) is 3.62. The van der Waals surface area contributed by atoms with Crippen molar-refractivity contribution in [2.75, 3.05) is 12.4 Å². The number of nitrogens with zero attached hydrogens (tertiary/aromatic N) is 1. The number of benzene rings is 1. The summed E-state index contributed by atoms with van der Waals surface area (Å²) < 4.78 is 10.0. The molecule has 5 heteroatoms. The topological polar surface area (TPSA) is 64.4 Å². The Morgan fingerprint density at radius 2 is 2.33 bits per heavy atom. The van der Waals surface area contributed by atoms with Gasteiger partial charge in [-0.25, -0.2) is 4.98 Å². The summed E-state index contributed by atoms with van der Waals surface area (Å²) >= 11 is 0. The molecule has 0 unspecified atom stereocenters. The van der Waals surface area contributed by atoms with Crippen LogP contribution in [0.25, 0.3) is 0 Å². The maximum absolute atomic E-state index is 11.8. The van der Waals surface area contributed by atoms with E-state index in [1.165, 1.54) is 12.7 Å². The molecule has 1 amide bonds. The Morgan fingerprint density at radius 3 is 3.00 bits per heavy atom. The highest BCUT2D eigenvalue weighted by Crippen LogP contribution is 2.25. The molecule has 94 valence electrons. The van der Waals surface area contributed by atoms with Gasteiger partial charge in [0, 0.05) is 0 Å². The van der Waals surface area contributed by atoms with Crippen LogP contribution in [0, 0.1) is 6.92 Å². The van der Waals surface area contributed by atoms with E-state index in [4.69, 9.17) is 9.15 Å². The van der Waals surface area contributed by atoms with Gasteiger partial charge in [-0.15, -0.1) is 0 Å². The molecular formula is C13H14N2O3. The van der Waals surface area contributed by atoms with Gasteiger partial charge in [-0.3, -0.25) is 4.79 Å². The fourth-order valence-electron chi connectivity index (χ4n) is 1.60. The summed E-state index contributed by atoms with van der Waals surface area (Å²) in [5.74, 6) is 0.474. The van der Waals surface area contributed by atoms with Crippen molar-refractivity contribution in [3.63, 3.8) is 0 Å². The number of ether oxygens (including phenoxy) is 1. The monoisotopic (exact) mass is 246 g/mol. The van der Waals surface area contributed by atoms with E-state index in [1.807, 2.05) is 25.1 Å². The molecule has 18 heavy (non-hydrogen) atoms. The molecule has 2 rings (SSSR count). The first kappa shape index (κ1) is 12.2. The van der Waals surface area contributed by atoms with Crippen molar-refractivity contribution in [3.8, 4) is 5.75 Å². The first-order valence-corrected chi connectivity index (χ1v) is 5.50. The number of anilines is 1. The summed E-state index contributed by atoms with van der Waals surface area (Å²) in [7, 11) is 1.57. The van der Waals surface area contributed by atoms with Gasteiger partial charge >= 0.3 is 0 Å². The average Bonchev–Trinajstić information content (AvgIpc) is 2.82. The van der Waals surface area contributed by atoms with Gasteiger partial charge in [0.05, 0.1) is 24.9 Å². The summed E-state index contributed by atoms with van der Waals surface area (Å²) in [4.78, 5) is 15.7. The van der Waals surface area contributed by atoms with Crippen LogP contribution in [-0.4, -0.2) is 18.0 Å². The second kappa shape index (κ2) is 5.35. The lowest BCUT2D eigenvalue weighted by Crippen LogP contribution is -2.15. The van der Waals surface area contributed by atoms with Crippen molar-refractivity contribution < 1.29 is 13.9 Å². The molecule has 1 aromatic heterocycles. The van der Waals surface area contributed by atoms with Gasteiger partial charge in [-0.2, -0.15) is 0 Å². The SMILES string of the molecule is COc1ccc(C)cc1NC(=O)Cc1cocn1. The Bertz CT molecular complexity index is 535. The highest BCUT2D eigenvalue weighted by atomic mass is 16.5. The van der Waals surface area contributed by atoms with E-state index in [2.05, 4.69) is 10.3 Å². The van der Waals surface area contributed by atoms with E-state index in [0.29, 0.717) is 17.1 Å². The number of oxazole rings is 1. The van der Waals surface area contributed by atoms with Gasteiger partial charge in [0.2, 0.25) is 5.91 Å². The normalized spacial score (nSPS) is 10.1. The van der Waals surface area contributed by atoms with Crippen LogP contribution in [0.5, 0.6) is 5.75 Å². The molecule has 0 bridgehead atoms. The first-order valence-electron chi connectivity index (χ1n) is 5.50. The molecule has 0 aliphatic carbocycles. The standard InChI is InChI=1S/C13H14N2O3/c1-9-3-4-12(17-2)11(5-9)15-13(16)6-10-7-18-8-14-10/h3-5,7-8H,6H2,1-2H3,(H,15,16). The van der Waals surface area contributed by atoms with Crippen LogP contribution in [0.15, 0.2) is 35.3 Å². The second-order valence-electron chi connectivity index (χ2n) is 3.91.